The third kappa shape index (κ3) is 16.4. The van der Waals surface area contributed by atoms with Crippen molar-refractivity contribution in [3.63, 3.8) is 0 Å². The van der Waals surface area contributed by atoms with Crippen LogP contribution in [0, 0.1) is 29.6 Å². The second kappa shape index (κ2) is 27.8. The number of nitrogens with one attached hydrogen (secondary N) is 4. The molecule has 3 fully saturated rings. The zero-order valence-electron chi connectivity index (χ0n) is 46.2. The van der Waals surface area contributed by atoms with E-state index in [0.29, 0.717) is 18.4 Å². The highest BCUT2D eigenvalue weighted by Crippen LogP contribution is 2.26. The fraction of sp³-hybridized carbons (Fsp3) is 0.704. The summed E-state index contributed by atoms with van der Waals surface area (Å²) in [5, 5.41) is 42.6. The third-order valence-electron chi connectivity index (χ3n) is 14.3. The lowest BCUT2D eigenvalue weighted by atomic mass is 9.92. The predicted octanol–water partition coefficient (Wildman–Crippen LogP) is 1.28. The van der Waals surface area contributed by atoms with E-state index in [0.717, 1.165) is 0 Å². The lowest BCUT2D eigenvalue weighted by Crippen LogP contribution is -2.62. The molecule has 12 atom stereocenters. The average molecular weight is 1070 g/mol. The molecule has 0 saturated carbocycles. The summed E-state index contributed by atoms with van der Waals surface area (Å²) in [5.41, 5.74) is 0.461. The van der Waals surface area contributed by atoms with Gasteiger partial charge in [0.25, 0.3) is 5.91 Å². The first-order chi connectivity index (χ1) is 35.5. The van der Waals surface area contributed by atoms with Crippen molar-refractivity contribution in [1.29, 1.82) is 0 Å². The zero-order chi connectivity index (χ0) is 57.0. The molecular weight excluding hydrogens is 987 g/mol. The Hall–Kier alpha value is -6.16. The molecule has 424 valence electrons. The van der Waals surface area contributed by atoms with Gasteiger partial charge in [-0.2, -0.15) is 0 Å². The molecule has 3 heterocycles. The van der Waals surface area contributed by atoms with Crippen molar-refractivity contribution in [2.24, 2.45) is 29.6 Å². The van der Waals surface area contributed by atoms with E-state index in [1.54, 1.807) is 27.7 Å². The monoisotopic (exact) mass is 1070 g/mol. The van der Waals surface area contributed by atoms with E-state index in [4.69, 9.17) is 9.47 Å². The third-order valence-corrected chi connectivity index (χ3v) is 14.3. The molecule has 76 heavy (non-hydrogen) atoms. The molecule has 3 aliphatic heterocycles. The van der Waals surface area contributed by atoms with Crippen LogP contribution in [0.2, 0.25) is 0 Å². The molecule has 22 nitrogen and oxygen atoms in total. The Bertz CT molecular complexity index is 2250. The summed E-state index contributed by atoms with van der Waals surface area (Å²) in [4.78, 5) is 145. The molecule has 2 unspecified atom stereocenters. The van der Waals surface area contributed by atoms with Crippen LogP contribution in [0.4, 0.5) is 0 Å². The molecular formula is C54H83N7O15. The van der Waals surface area contributed by atoms with Crippen LogP contribution in [-0.2, 0) is 63.8 Å². The summed E-state index contributed by atoms with van der Waals surface area (Å²) in [5.74, 6) is -11.3. The summed E-state index contributed by atoms with van der Waals surface area (Å²) in [6.07, 6.45) is -5.57. The fourth-order valence-electron chi connectivity index (χ4n) is 9.95. The maximum absolute atomic E-state index is 14.8. The molecule has 0 bridgehead atoms. The number of nitrogens with zero attached hydrogens (tertiary/aromatic N) is 3. The van der Waals surface area contributed by atoms with Gasteiger partial charge in [-0.25, -0.2) is 4.79 Å². The summed E-state index contributed by atoms with van der Waals surface area (Å²) in [7, 11) is 1.39. The van der Waals surface area contributed by atoms with Crippen molar-refractivity contribution in [3.8, 4) is 5.75 Å². The normalized spacial score (nSPS) is 27.8. The van der Waals surface area contributed by atoms with Crippen LogP contribution in [-0.4, -0.2) is 176 Å². The van der Waals surface area contributed by atoms with E-state index >= 15 is 0 Å². The Morgan fingerprint density at radius 3 is 1.99 bits per heavy atom. The number of aliphatic hydroxyl groups excluding tert-OH is 2. The molecule has 7 N–H and O–H groups in total. The first-order valence-electron chi connectivity index (χ1n) is 26.7. The lowest BCUT2D eigenvalue weighted by molar-refractivity contribution is -0.162. The summed E-state index contributed by atoms with van der Waals surface area (Å²) in [6, 6.07) is -3.32. The van der Waals surface area contributed by atoms with Gasteiger partial charge in [-0.1, -0.05) is 67.5 Å². The van der Waals surface area contributed by atoms with Gasteiger partial charge in [-0.05, 0) is 101 Å². The smallest absolute Gasteiger partial charge is 0.329 e. The summed E-state index contributed by atoms with van der Waals surface area (Å²) >= 11 is 0. The Morgan fingerprint density at radius 2 is 1.41 bits per heavy atom. The molecule has 0 radical (unpaired) electrons. The van der Waals surface area contributed by atoms with E-state index < -0.39 is 150 Å². The number of phenolic OH excluding ortho intramolecular Hbond substituents is 1. The highest BCUT2D eigenvalue weighted by atomic mass is 16.6. The number of carbonyl (C=O) groups is 10. The van der Waals surface area contributed by atoms with E-state index in [2.05, 4.69) is 21.3 Å². The van der Waals surface area contributed by atoms with Gasteiger partial charge in [0, 0.05) is 26.6 Å². The van der Waals surface area contributed by atoms with Crippen molar-refractivity contribution < 1.29 is 72.7 Å². The largest absolute Gasteiger partial charge is 0.508 e. The molecule has 0 aromatic heterocycles. The van der Waals surface area contributed by atoms with Gasteiger partial charge in [0.15, 0.2) is 11.9 Å². The minimum atomic E-state index is -1.78. The Morgan fingerprint density at radius 1 is 0.789 bits per heavy atom. The number of esters is 2. The van der Waals surface area contributed by atoms with E-state index in [9.17, 15) is 63.3 Å². The lowest BCUT2D eigenvalue weighted by Gasteiger charge is -2.35. The molecule has 0 aliphatic carbocycles. The minimum Gasteiger partial charge on any atom is -0.508 e. The number of aromatic hydroxyl groups is 1. The van der Waals surface area contributed by atoms with Crippen LogP contribution in [0.3, 0.4) is 0 Å². The van der Waals surface area contributed by atoms with Crippen LogP contribution in [0.25, 0.3) is 0 Å². The molecule has 7 amide bonds. The highest BCUT2D eigenvalue weighted by molar-refractivity contribution is 6.05. The Kier molecular flexibility index (Phi) is 22.8. The first kappa shape index (κ1) is 62.4. The van der Waals surface area contributed by atoms with Crippen molar-refractivity contribution in [2.75, 3.05) is 20.1 Å². The standard InChI is InChI=1S/C54H83N7O15/c1-27(2)23-36-52(72)60-21-13-15-38(60)48(68)56-37(25-34-17-19-35(63)20-18-34)54(74)75-33(11)44(58-49(69)40(24-28(3)4)59(12)53(73)39-16-14-22-61(39)51(71)32(10)62)50(70)57-43(29(5)6)41(64)26-42(65)76-46(30(7)8)45(66)31(9)47(67)55-36/h17-20,27-33,36-41,43-44,46,62-64H,13-16,21-26H2,1-12H3,(H,55,67)(H,56,68)(H,57,70)(H,58,69)/t31-,32?,33+,36-,37-,38-,39?,40+,41-,43-,44-,46-/m0/s1. The van der Waals surface area contributed by atoms with Crippen LogP contribution >= 0.6 is 0 Å². The second-order valence-corrected chi connectivity index (χ2v) is 22.2. The van der Waals surface area contributed by atoms with Crippen LogP contribution in [0.15, 0.2) is 24.3 Å². The number of Topliss-reactive ketones (excluding diaryl/α,β-unsaturated/α-hetero) is 1. The van der Waals surface area contributed by atoms with Crippen LogP contribution < -0.4 is 21.3 Å². The quantitative estimate of drug-likeness (QED) is 0.108. The van der Waals surface area contributed by atoms with Gasteiger partial charge in [-0.15, -0.1) is 0 Å². The number of likely N-dealkylation sites (N-methyl/N-ethyl adjacent to an activating group) is 1. The molecule has 22 heteroatoms. The van der Waals surface area contributed by atoms with Gasteiger partial charge in [0.2, 0.25) is 35.4 Å². The maximum Gasteiger partial charge on any atom is 0.329 e. The minimum absolute atomic E-state index is 0.0611. The van der Waals surface area contributed by atoms with Crippen LogP contribution in [0.5, 0.6) is 5.75 Å². The topological polar surface area (TPSA) is 308 Å². The van der Waals surface area contributed by atoms with Crippen LogP contribution in [0.1, 0.15) is 127 Å². The molecule has 1 aromatic carbocycles. The number of ketones is 1. The van der Waals surface area contributed by atoms with E-state index in [-0.39, 0.29) is 62.8 Å². The zero-order valence-corrected chi connectivity index (χ0v) is 46.2. The number of aliphatic hydroxyl groups is 2. The SMILES string of the molecule is CC(C)C[C@@H]1NC(=O)[C@@H](C)C(=O)[C@H](C(C)C)OC(=O)C[C@H](O)[C@H](C(C)C)NC(=O)[C@@H](NC(=O)[C@@H](CC(C)C)N(C)C(=O)C2CCCN2C(=O)C(C)O)[C@@H](C)OC(=O)[C@H](Cc2ccc(O)cc2)NC(=O)[C@@H]2CCCN2C1=O. The van der Waals surface area contributed by atoms with Crippen molar-refractivity contribution in [3.05, 3.63) is 29.8 Å². The van der Waals surface area contributed by atoms with Crippen molar-refractivity contribution in [1.82, 2.24) is 36.0 Å². The number of benzene rings is 1. The number of likely N-dealkylation sites (tertiary alicyclic amines) is 1. The number of rotatable bonds is 13. The van der Waals surface area contributed by atoms with Gasteiger partial charge in [0.1, 0.15) is 54.2 Å². The average Bonchev–Trinajstić information content (AvgIpc) is 4.05. The number of amides is 7. The van der Waals surface area contributed by atoms with Gasteiger partial charge >= 0.3 is 11.9 Å². The maximum atomic E-state index is 14.8. The molecule has 0 spiro atoms. The second-order valence-electron chi connectivity index (χ2n) is 22.2. The number of ether oxygens (including phenoxy) is 2. The van der Waals surface area contributed by atoms with E-state index in [1.807, 2.05) is 27.7 Å². The highest BCUT2D eigenvalue weighted by Gasteiger charge is 2.45. The molecule has 4 rings (SSSR count). The molecule has 1 aromatic rings. The Labute approximate surface area is 446 Å². The number of phenols is 1. The van der Waals surface area contributed by atoms with Crippen molar-refractivity contribution >= 4 is 59.1 Å². The number of hydrogen-bond acceptors (Lipinski definition) is 15. The van der Waals surface area contributed by atoms with E-state index in [1.165, 1.54) is 66.8 Å². The summed E-state index contributed by atoms with van der Waals surface area (Å²) in [6.45, 7) is 18.0. The van der Waals surface area contributed by atoms with Gasteiger partial charge in [0.05, 0.1) is 24.5 Å². The van der Waals surface area contributed by atoms with Gasteiger partial charge < -0.3 is 60.8 Å². The first-order valence-corrected chi connectivity index (χ1v) is 26.7. The van der Waals surface area contributed by atoms with Crippen molar-refractivity contribution in [2.45, 2.75) is 194 Å². The van der Waals surface area contributed by atoms with Gasteiger partial charge in [-0.3, -0.25) is 43.2 Å². The number of fused-ring (bicyclic) bond motifs is 1. The fourth-order valence-corrected chi connectivity index (χ4v) is 9.95. The number of carbonyl (C=O) groups excluding carboxylic acids is 10. The number of hydrogen-bond donors (Lipinski definition) is 7. The predicted molar refractivity (Wildman–Crippen MR) is 276 cm³/mol. The Balaban J connectivity index is 1.83. The number of cyclic esters (lactones) is 2. The molecule has 3 aliphatic rings. The summed E-state index contributed by atoms with van der Waals surface area (Å²) < 4.78 is 11.7. The molecule has 3 saturated heterocycles.